The smallest absolute Gasteiger partial charge is 0.262 e. The third kappa shape index (κ3) is 4.41. The average Bonchev–Trinajstić information content (AvgIpc) is 3.22. The van der Waals surface area contributed by atoms with Crippen LogP contribution in [0.25, 0.3) is 16.7 Å². The molecule has 32 heavy (non-hydrogen) atoms. The van der Waals surface area contributed by atoms with Gasteiger partial charge in [-0.2, -0.15) is 0 Å². The van der Waals surface area contributed by atoms with Gasteiger partial charge in [-0.3, -0.25) is 18.6 Å². The highest BCUT2D eigenvalue weighted by molar-refractivity contribution is 7.99. The van der Waals surface area contributed by atoms with E-state index in [1.165, 1.54) is 17.3 Å². The van der Waals surface area contributed by atoms with Crippen molar-refractivity contribution in [1.29, 1.82) is 0 Å². The summed E-state index contributed by atoms with van der Waals surface area (Å²) in [5.74, 6) is 1.03. The molecule has 0 spiro atoms. The summed E-state index contributed by atoms with van der Waals surface area (Å²) < 4.78 is 3.56. The number of nitrogens with one attached hydrogen (secondary N) is 1. The van der Waals surface area contributed by atoms with Gasteiger partial charge >= 0.3 is 0 Å². The van der Waals surface area contributed by atoms with Crippen LogP contribution in [0.2, 0.25) is 0 Å². The van der Waals surface area contributed by atoms with Crippen LogP contribution in [-0.4, -0.2) is 30.8 Å². The van der Waals surface area contributed by atoms with Gasteiger partial charge in [0.1, 0.15) is 0 Å². The number of hydrogen-bond donors (Lipinski definition) is 1. The van der Waals surface area contributed by atoms with Crippen molar-refractivity contribution in [3.05, 3.63) is 64.4 Å². The quantitative estimate of drug-likeness (QED) is 0.394. The largest absolute Gasteiger partial charge is 0.325 e. The highest BCUT2D eigenvalue weighted by atomic mass is 32.2. The maximum Gasteiger partial charge on any atom is 0.262 e. The highest BCUT2D eigenvalue weighted by Crippen LogP contribution is 2.22. The number of rotatable bonds is 8. The van der Waals surface area contributed by atoms with Gasteiger partial charge in [-0.1, -0.05) is 63.2 Å². The summed E-state index contributed by atoms with van der Waals surface area (Å²) in [6, 6.07) is 15.4. The van der Waals surface area contributed by atoms with E-state index in [0.717, 1.165) is 24.0 Å². The van der Waals surface area contributed by atoms with Crippen LogP contribution in [0.15, 0.2) is 58.5 Å². The number of fused-ring (bicyclic) bond motifs is 3. The van der Waals surface area contributed by atoms with Crippen LogP contribution < -0.4 is 10.9 Å². The summed E-state index contributed by atoms with van der Waals surface area (Å²) in [5.41, 5.74) is 2.68. The fourth-order valence-electron chi connectivity index (χ4n) is 3.62. The Morgan fingerprint density at radius 2 is 1.84 bits per heavy atom. The molecule has 0 unspecified atom stereocenters. The molecule has 2 aromatic carbocycles. The highest BCUT2D eigenvalue weighted by Gasteiger charge is 2.17. The van der Waals surface area contributed by atoms with Crippen LogP contribution >= 0.6 is 11.8 Å². The second-order valence-corrected chi connectivity index (χ2v) is 9.00. The molecule has 4 rings (SSSR count). The molecule has 166 valence electrons. The summed E-state index contributed by atoms with van der Waals surface area (Å²) in [7, 11) is 0. The number of nitrogens with zero attached hydrogens (tertiary/aromatic N) is 4. The zero-order valence-electron chi connectivity index (χ0n) is 18.5. The summed E-state index contributed by atoms with van der Waals surface area (Å²) in [4.78, 5) is 25.5. The van der Waals surface area contributed by atoms with Crippen molar-refractivity contribution < 1.29 is 4.79 Å². The van der Waals surface area contributed by atoms with Crippen LogP contribution in [0.3, 0.4) is 0 Å². The number of hydrogen-bond acceptors (Lipinski definition) is 5. The van der Waals surface area contributed by atoms with Gasteiger partial charge in [-0.25, -0.2) is 0 Å². The lowest BCUT2D eigenvalue weighted by molar-refractivity contribution is -0.113. The summed E-state index contributed by atoms with van der Waals surface area (Å²) in [5, 5.41) is 12.7. The molecule has 0 aliphatic heterocycles. The predicted octanol–water partition coefficient (Wildman–Crippen LogP) is 4.70. The number of unbranched alkanes of at least 4 members (excludes halogenated alkanes) is 1. The number of aromatic nitrogens is 4. The van der Waals surface area contributed by atoms with E-state index in [0.29, 0.717) is 28.8 Å². The second-order valence-electron chi connectivity index (χ2n) is 8.06. The minimum Gasteiger partial charge on any atom is -0.325 e. The van der Waals surface area contributed by atoms with Gasteiger partial charge in [0.25, 0.3) is 5.56 Å². The van der Waals surface area contributed by atoms with Crippen molar-refractivity contribution in [2.24, 2.45) is 0 Å². The van der Waals surface area contributed by atoms with E-state index in [4.69, 9.17) is 0 Å². The number of amides is 1. The monoisotopic (exact) mass is 449 g/mol. The van der Waals surface area contributed by atoms with Gasteiger partial charge in [-0.05, 0) is 42.2 Å². The number of aryl methyl sites for hydroxylation is 1. The lowest BCUT2D eigenvalue weighted by Gasteiger charge is -2.11. The standard InChI is InChI=1S/C24H27N5O2S/c1-4-5-14-28-22(31)19-8-6-7-9-20(19)29-23(28)26-27-24(29)32-15-21(30)25-18-12-10-17(11-13-18)16(2)3/h6-13,16H,4-5,14-15H2,1-3H3,(H,25,30). The lowest BCUT2D eigenvalue weighted by Crippen LogP contribution is -2.23. The first-order valence-corrected chi connectivity index (χ1v) is 11.9. The van der Waals surface area contributed by atoms with Crippen LogP contribution in [0, 0.1) is 0 Å². The minimum atomic E-state index is -0.118. The number of thioether (sulfide) groups is 1. The van der Waals surface area contributed by atoms with Crippen LogP contribution in [0.1, 0.15) is 45.1 Å². The molecule has 0 aliphatic carbocycles. The third-order valence-corrected chi connectivity index (χ3v) is 6.34. The molecule has 1 N–H and O–H groups in total. The number of carbonyl (C=O) groups excluding carboxylic acids is 1. The van der Waals surface area contributed by atoms with E-state index in [1.54, 1.807) is 4.57 Å². The Bertz CT molecular complexity index is 1310. The van der Waals surface area contributed by atoms with Crippen LogP contribution in [0.5, 0.6) is 0 Å². The molecule has 0 aliphatic rings. The zero-order chi connectivity index (χ0) is 22.7. The molecule has 0 fully saturated rings. The average molecular weight is 450 g/mol. The minimum absolute atomic E-state index is 0.0620. The molecular formula is C24H27N5O2S. The molecule has 8 heteroatoms. The van der Waals surface area contributed by atoms with Crippen LogP contribution in [0.4, 0.5) is 5.69 Å². The molecule has 2 heterocycles. The van der Waals surface area contributed by atoms with Crippen molar-refractivity contribution in [2.75, 3.05) is 11.1 Å². The molecular weight excluding hydrogens is 422 g/mol. The Hall–Kier alpha value is -3.13. The first-order valence-electron chi connectivity index (χ1n) is 10.9. The first-order chi connectivity index (χ1) is 15.5. The third-order valence-electron chi connectivity index (χ3n) is 5.41. The lowest BCUT2D eigenvalue weighted by atomic mass is 10.0. The van der Waals surface area contributed by atoms with Crippen molar-refractivity contribution in [3.8, 4) is 0 Å². The first kappa shape index (κ1) is 22.1. The van der Waals surface area contributed by atoms with Gasteiger partial charge in [0.05, 0.1) is 16.7 Å². The Balaban J connectivity index is 1.59. The molecule has 0 radical (unpaired) electrons. The SMILES string of the molecule is CCCCn1c(=O)c2ccccc2n2c(SCC(=O)Nc3ccc(C(C)C)cc3)nnc12. The number of carbonyl (C=O) groups is 1. The number of benzene rings is 2. The molecule has 0 bridgehead atoms. The second kappa shape index (κ2) is 9.56. The maximum absolute atomic E-state index is 13.0. The van der Waals surface area contributed by atoms with Crippen LogP contribution in [-0.2, 0) is 11.3 Å². The van der Waals surface area contributed by atoms with E-state index < -0.39 is 0 Å². The van der Waals surface area contributed by atoms with E-state index in [1.807, 2.05) is 52.9 Å². The number of anilines is 1. The van der Waals surface area contributed by atoms with E-state index in [-0.39, 0.29) is 17.2 Å². The number of para-hydroxylation sites is 1. The van der Waals surface area contributed by atoms with E-state index >= 15 is 0 Å². The molecule has 4 aromatic rings. The zero-order valence-corrected chi connectivity index (χ0v) is 19.4. The van der Waals surface area contributed by atoms with E-state index in [2.05, 4.69) is 36.3 Å². The summed E-state index contributed by atoms with van der Waals surface area (Å²) in [6.07, 6.45) is 1.85. The Labute approximate surface area is 190 Å². The Morgan fingerprint density at radius 1 is 1.09 bits per heavy atom. The predicted molar refractivity (Wildman–Crippen MR) is 130 cm³/mol. The fraction of sp³-hybridized carbons (Fsp3) is 0.333. The van der Waals surface area contributed by atoms with Gasteiger partial charge in [-0.15, -0.1) is 10.2 Å². The molecule has 7 nitrogen and oxygen atoms in total. The summed E-state index contributed by atoms with van der Waals surface area (Å²) >= 11 is 1.31. The molecule has 0 saturated heterocycles. The van der Waals surface area contributed by atoms with Crippen molar-refractivity contribution in [1.82, 2.24) is 19.2 Å². The van der Waals surface area contributed by atoms with Gasteiger partial charge in [0.2, 0.25) is 11.7 Å². The van der Waals surface area contributed by atoms with Crippen molar-refractivity contribution in [3.63, 3.8) is 0 Å². The Kier molecular flexibility index (Phi) is 6.60. The molecule has 1 amide bonds. The molecule has 0 atom stereocenters. The molecule has 0 saturated carbocycles. The molecule has 2 aromatic heterocycles. The van der Waals surface area contributed by atoms with Crippen molar-refractivity contribution >= 4 is 40.0 Å². The van der Waals surface area contributed by atoms with Gasteiger partial charge < -0.3 is 5.32 Å². The summed E-state index contributed by atoms with van der Waals surface area (Å²) in [6.45, 7) is 6.94. The van der Waals surface area contributed by atoms with Gasteiger partial charge in [0, 0.05) is 12.2 Å². The Morgan fingerprint density at radius 3 is 2.56 bits per heavy atom. The maximum atomic E-state index is 13.0. The normalized spacial score (nSPS) is 11.5. The van der Waals surface area contributed by atoms with E-state index in [9.17, 15) is 9.59 Å². The van der Waals surface area contributed by atoms with Gasteiger partial charge in [0.15, 0.2) is 5.16 Å². The fourth-order valence-corrected chi connectivity index (χ4v) is 4.36. The van der Waals surface area contributed by atoms with Crippen molar-refractivity contribution in [2.45, 2.75) is 51.2 Å². The topological polar surface area (TPSA) is 81.3 Å².